The van der Waals surface area contributed by atoms with Gasteiger partial charge >= 0.3 is 0 Å². The van der Waals surface area contributed by atoms with E-state index in [2.05, 4.69) is 5.10 Å². The van der Waals surface area contributed by atoms with Crippen LogP contribution in [0.2, 0.25) is 0 Å². The number of benzene rings is 2. The topological polar surface area (TPSA) is 58.4 Å². The number of amides is 2. The number of carbonyl (C=O) groups is 2. The van der Waals surface area contributed by atoms with Crippen molar-refractivity contribution in [2.24, 2.45) is 0 Å². The van der Waals surface area contributed by atoms with Crippen LogP contribution in [0.1, 0.15) is 40.3 Å². The molecule has 2 aliphatic heterocycles. The van der Waals surface area contributed by atoms with Gasteiger partial charge in [0.1, 0.15) is 11.5 Å². The summed E-state index contributed by atoms with van der Waals surface area (Å²) in [5, 5.41) is 4.62. The average molecular weight is 418 g/mol. The molecule has 1 aromatic heterocycles. The Labute approximate surface area is 179 Å². The fourth-order valence-electron chi connectivity index (χ4n) is 4.64. The molecule has 3 aromatic rings. The van der Waals surface area contributed by atoms with E-state index in [-0.39, 0.29) is 36.1 Å². The number of aryl methyl sites for hydroxylation is 1. The Balaban J connectivity index is 1.31. The van der Waals surface area contributed by atoms with Crippen molar-refractivity contribution in [3.8, 4) is 5.69 Å². The first-order valence-corrected chi connectivity index (χ1v) is 10.4. The second-order valence-corrected chi connectivity index (χ2v) is 8.24. The van der Waals surface area contributed by atoms with Crippen LogP contribution in [-0.4, -0.2) is 50.5 Å². The lowest BCUT2D eigenvalue weighted by atomic mass is 10.0. The molecule has 158 valence electrons. The summed E-state index contributed by atoms with van der Waals surface area (Å²) < 4.78 is 14.8. The van der Waals surface area contributed by atoms with Gasteiger partial charge in [0, 0.05) is 18.7 Å². The van der Waals surface area contributed by atoms with Crippen LogP contribution in [-0.2, 0) is 11.2 Å². The molecular weight excluding hydrogens is 395 g/mol. The van der Waals surface area contributed by atoms with Gasteiger partial charge in [0.25, 0.3) is 5.91 Å². The van der Waals surface area contributed by atoms with Crippen LogP contribution in [0.5, 0.6) is 0 Å². The van der Waals surface area contributed by atoms with Crippen LogP contribution >= 0.6 is 0 Å². The Kier molecular flexibility index (Phi) is 4.61. The molecule has 0 N–H and O–H groups in total. The molecule has 31 heavy (non-hydrogen) atoms. The van der Waals surface area contributed by atoms with Crippen molar-refractivity contribution in [3.05, 3.63) is 82.9 Å². The fraction of sp³-hybridized carbons (Fsp3) is 0.292. The van der Waals surface area contributed by atoms with Crippen molar-refractivity contribution in [3.63, 3.8) is 0 Å². The van der Waals surface area contributed by atoms with Gasteiger partial charge in [-0.1, -0.05) is 30.3 Å². The molecule has 1 atom stereocenters. The van der Waals surface area contributed by atoms with Gasteiger partial charge in [-0.25, -0.2) is 9.07 Å². The van der Waals surface area contributed by atoms with Gasteiger partial charge in [-0.05, 0) is 43.7 Å². The van der Waals surface area contributed by atoms with E-state index in [1.54, 1.807) is 21.7 Å². The van der Waals surface area contributed by atoms with E-state index in [4.69, 9.17) is 0 Å². The smallest absolute Gasteiger partial charge is 0.273 e. The third-order valence-corrected chi connectivity index (χ3v) is 6.26. The summed E-state index contributed by atoms with van der Waals surface area (Å²) in [7, 11) is 0. The molecule has 0 spiro atoms. The van der Waals surface area contributed by atoms with Crippen LogP contribution in [0.25, 0.3) is 5.69 Å². The van der Waals surface area contributed by atoms with Crippen molar-refractivity contribution in [2.45, 2.75) is 32.4 Å². The summed E-state index contributed by atoms with van der Waals surface area (Å²) in [5.74, 6) is -0.362. The molecule has 2 amide bonds. The number of hydrogen-bond donors (Lipinski definition) is 0. The average Bonchev–Trinajstić information content (AvgIpc) is 3.20. The van der Waals surface area contributed by atoms with Crippen molar-refractivity contribution >= 4 is 11.8 Å². The maximum atomic E-state index is 13.4. The highest BCUT2D eigenvalue weighted by Crippen LogP contribution is 2.39. The summed E-state index contributed by atoms with van der Waals surface area (Å²) in [6, 6.07) is 15.5. The van der Waals surface area contributed by atoms with E-state index in [1.807, 2.05) is 49.1 Å². The molecule has 5 rings (SSSR count). The van der Waals surface area contributed by atoms with E-state index in [1.165, 1.54) is 12.1 Å². The number of fused-ring (bicyclic) bond motifs is 1. The molecule has 6 nitrogen and oxygen atoms in total. The van der Waals surface area contributed by atoms with Gasteiger partial charge in [0.15, 0.2) is 0 Å². The second kappa shape index (κ2) is 7.34. The fourth-order valence-corrected chi connectivity index (χ4v) is 4.64. The number of aromatic nitrogens is 2. The van der Waals surface area contributed by atoms with Crippen LogP contribution in [0.3, 0.4) is 0 Å². The third-order valence-electron chi connectivity index (χ3n) is 6.26. The monoisotopic (exact) mass is 418 g/mol. The summed E-state index contributed by atoms with van der Waals surface area (Å²) >= 11 is 0. The molecule has 3 heterocycles. The van der Waals surface area contributed by atoms with Gasteiger partial charge in [-0.3, -0.25) is 9.59 Å². The molecule has 0 aliphatic carbocycles. The van der Waals surface area contributed by atoms with Gasteiger partial charge in [-0.2, -0.15) is 5.10 Å². The summed E-state index contributed by atoms with van der Waals surface area (Å²) in [5.41, 5.74) is 4.08. The highest BCUT2D eigenvalue weighted by atomic mass is 19.1. The summed E-state index contributed by atoms with van der Waals surface area (Å²) in [6.45, 7) is 4.98. The number of para-hydroxylation sites is 1. The number of rotatable bonds is 4. The van der Waals surface area contributed by atoms with E-state index in [0.717, 1.165) is 22.5 Å². The molecule has 1 fully saturated rings. The summed E-state index contributed by atoms with van der Waals surface area (Å²) in [4.78, 5) is 29.6. The zero-order valence-electron chi connectivity index (χ0n) is 17.5. The second-order valence-electron chi connectivity index (χ2n) is 8.24. The van der Waals surface area contributed by atoms with E-state index < -0.39 is 0 Å². The predicted molar refractivity (Wildman–Crippen MR) is 113 cm³/mol. The number of likely N-dealkylation sites (tertiary alicyclic amines) is 1. The van der Waals surface area contributed by atoms with Crippen LogP contribution in [0.4, 0.5) is 4.39 Å². The van der Waals surface area contributed by atoms with Gasteiger partial charge in [0.2, 0.25) is 5.91 Å². The lowest BCUT2D eigenvalue weighted by Crippen LogP contribution is -2.62. The summed E-state index contributed by atoms with van der Waals surface area (Å²) in [6.07, 6.45) is 0.235. The maximum absolute atomic E-state index is 13.4. The largest absolute Gasteiger partial charge is 0.338 e. The SMILES string of the molecule is Cc1nn(-c2ccccc2)c2c1C(C)N(C1CN(C(=O)Cc3ccc(F)cc3)C1)C2=O. The third kappa shape index (κ3) is 3.21. The van der Waals surface area contributed by atoms with E-state index in [9.17, 15) is 14.0 Å². The lowest BCUT2D eigenvalue weighted by Gasteiger charge is -2.45. The lowest BCUT2D eigenvalue weighted by molar-refractivity contribution is -0.137. The van der Waals surface area contributed by atoms with E-state index in [0.29, 0.717) is 18.8 Å². The molecular formula is C24H23FN4O2. The number of nitrogens with zero attached hydrogens (tertiary/aromatic N) is 4. The first-order chi connectivity index (χ1) is 14.9. The molecule has 2 aliphatic rings. The van der Waals surface area contributed by atoms with Gasteiger partial charge in [-0.15, -0.1) is 0 Å². The molecule has 2 aromatic carbocycles. The number of hydrogen-bond acceptors (Lipinski definition) is 3. The normalized spacial score (nSPS) is 18.3. The highest BCUT2D eigenvalue weighted by molar-refractivity contribution is 5.99. The van der Waals surface area contributed by atoms with Gasteiger partial charge < -0.3 is 9.80 Å². The van der Waals surface area contributed by atoms with Crippen LogP contribution < -0.4 is 0 Å². The standard InChI is InChI=1S/C24H23FN4O2/c1-15-22-16(2)28(24(31)23(22)29(26-15)19-6-4-3-5-7-19)20-13-27(14-20)21(30)12-17-8-10-18(25)11-9-17/h3-11,16,20H,12-14H2,1-2H3. The number of carbonyl (C=O) groups excluding carboxylic acids is 2. The molecule has 7 heteroatoms. The van der Waals surface area contributed by atoms with Crippen molar-refractivity contribution < 1.29 is 14.0 Å². The zero-order chi connectivity index (χ0) is 21.7. The first kappa shape index (κ1) is 19.5. The quantitative estimate of drug-likeness (QED) is 0.653. The zero-order valence-corrected chi connectivity index (χ0v) is 17.5. The van der Waals surface area contributed by atoms with Crippen molar-refractivity contribution in [2.75, 3.05) is 13.1 Å². The Morgan fingerprint density at radius 1 is 1.10 bits per heavy atom. The molecule has 0 radical (unpaired) electrons. The van der Waals surface area contributed by atoms with Gasteiger partial charge in [0.05, 0.1) is 29.9 Å². The van der Waals surface area contributed by atoms with Crippen molar-refractivity contribution in [1.29, 1.82) is 0 Å². The predicted octanol–water partition coefficient (Wildman–Crippen LogP) is 3.29. The van der Waals surface area contributed by atoms with Crippen molar-refractivity contribution in [1.82, 2.24) is 19.6 Å². The Morgan fingerprint density at radius 2 is 1.77 bits per heavy atom. The molecule has 0 saturated carbocycles. The molecule has 1 unspecified atom stereocenters. The molecule has 1 saturated heterocycles. The first-order valence-electron chi connectivity index (χ1n) is 10.4. The minimum atomic E-state index is -0.314. The maximum Gasteiger partial charge on any atom is 0.273 e. The van der Waals surface area contributed by atoms with E-state index >= 15 is 0 Å². The minimum Gasteiger partial charge on any atom is -0.338 e. The Bertz CT molecular complexity index is 1150. The minimum absolute atomic E-state index is 0.00804. The highest BCUT2D eigenvalue weighted by Gasteiger charge is 2.47. The van der Waals surface area contributed by atoms with Crippen LogP contribution in [0.15, 0.2) is 54.6 Å². The Morgan fingerprint density at radius 3 is 2.45 bits per heavy atom. The Hall–Kier alpha value is -3.48. The number of halogens is 1. The molecule has 0 bridgehead atoms. The van der Waals surface area contributed by atoms with Crippen LogP contribution in [0, 0.1) is 12.7 Å².